The minimum Gasteiger partial charge on any atom is -0.463 e. The summed E-state index contributed by atoms with van der Waals surface area (Å²) in [6, 6.07) is 0. The van der Waals surface area contributed by atoms with Gasteiger partial charge in [-0.3, -0.25) is 9.59 Å². The van der Waals surface area contributed by atoms with Crippen LogP contribution >= 0.6 is 0 Å². The van der Waals surface area contributed by atoms with Crippen LogP contribution in [0.5, 0.6) is 0 Å². The van der Waals surface area contributed by atoms with Crippen molar-refractivity contribution in [2.24, 2.45) is 0 Å². The second-order valence-electron chi connectivity index (χ2n) is 11.8. The van der Waals surface area contributed by atoms with Crippen LogP contribution in [0.3, 0.4) is 0 Å². The van der Waals surface area contributed by atoms with Crippen LogP contribution in [-0.4, -0.2) is 47.6 Å². The van der Waals surface area contributed by atoms with Gasteiger partial charge in [0, 0.05) is 12.8 Å². The van der Waals surface area contributed by atoms with Crippen molar-refractivity contribution in [1.82, 2.24) is 0 Å². The maximum Gasteiger partial charge on any atom is 0.306 e. The zero-order valence-corrected chi connectivity index (χ0v) is 29.2. The Morgan fingerprint density at radius 2 is 1.07 bits per heavy atom. The summed E-state index contributed by atoms with van der Waals surface area (Å²) in [7, 11) is 0. The Bertz CT molecular complexity index is 882. The largest absolute Gasteiger partial charge is 0.463 e. The minimum absolute atomic E-state index is 0.154. The SMILES string of the molecule is CC/C=C\C/C=C\CC(O)/C=C/C=C\C/C=C\C/C=C\CCC(=O)OC[C@@H](O)COC(=O)CCCCCCCCCCCCCC. The Morgan fingerprint density at radius 3 is 1.67 bits per heavy atom. The predicted octanol–water partition coefficient (Wildman–Crippen LogP) is 9.97. The zero-order chi connectivity index (χ0) is 33.8. The van der Waals surface area contributed by atoms with Crippen LogP contribution in [0.2, 0.25) is 0 Å². The molecule has 0 heterocycles. The van der Waals surface area contributed by atoms with Gasteiger partial charge in [0.1, 0.15) is 19.3 Å². The van der Waals surface area contributed by atoms with E-state index in [2.05, 4.69) is 44.2 Å². The van der Waals surface area contributed by atoms with Gasteiger partial charge in [-0.15, -0.1) is 0 Å². The number of carbonyl (C=O) groups excluding carboxylic acids is 2. The molecule has 0 aliphatic heterocycles. The van der Waals surface area contributed by atoms with Gasteiger partial charge >= 0.3 is 11.9 Å². The summed E-state index contributed by atoms with van der Waals surface area (Å²) in [6.07, 6.45) is 42.7. The smallest absolute Gasteiger partial charge is 0.306 e. The second-order valence-corrected chi connectivity index (χ2v) is 11.8. The highest BCUT2D eigenvalue weighted by molar-refractivity contribution is 5.70. The maximum absolute atomic E-state index is 11.9. The molecule has 0 radical (unpaired) electrons. The van der Waals surface area contributed by atoms with Gasteiger partial charge in [-0.2, -0.15) is 0 Å². The Hall–Kier alpha value is -2.70. The summed E-state index contributed by atoms with van der Waals surface area (Å²) in [5, 5.41) is 19.9. The van der Waals surface area contributed by atoms with Crippen molar-refractivity contribution in [2.45, 2.75) is 154 Å². The topological polar surface area (TPSA) is 93.1 Å². The standard InChI is InChI=1S/C40H66O6/c1-3-5-7-9-11-12-13-14-18-21-25-29-33-39(43)45-35-38(42)36-46-40(44)34-30-26-22-19-16-15-17-20-24-28-32-37(41)31-27-23-10-8-6-4-2/h6,8,15-16,20,22-24,26-28,32,37-38,41-42H,3-5,7,9-14,17-19,21,25,29-31,33-36H2,1-2H3/b8-6-,16-15-,24-20-,26-22-,27-23-,32-28+/t37?,38-/m0/s1. The highest BCUT2D eigenvalue weighted by atomic mass is 16.6. The molecule has 0 aliphatic rings. The van der Waals surface area contributed by atoms with Crippen molar-refractivity contribution in [3.8, 4) is 0 Å². The third kappa shape index (κ3) is 34.2. The number of unbranched alkanes of at least 4 members (excludes halogenated alkanes) is 11. The molecule has 1 unspecified atom stereocenters. The van der Waals surface area contributed by atoms with Crippen molar-refractivity contribution >= 4 is 11.9 Å². The fourth-order valence-corrected chi connectivity index (χ4v) is 4.55. The lowest BCUT2D eigenvalue weighted by molar-refractivity contribution is -0.152. The fourth-order valence-electron chi connectivity index (χ4n) is 4.55. The summed E-state index contributed by atoms with van der Waals surface area (Å²) in [5.41, 5.74) is 0. The monoisotopic (exact) mass is 642 g/mol. The van der Waals surface area contributed by atoms with Gasteiger partial charge in [0.05, 0.1) is 6.10 Å². The van der Waals surface area contributed by atoms with E-state index >= 15 is 0 Å². The number of esters is 2. The van der Waals surface area contributed by atoms with E-state index in [1.54, 1.807) is 6.08 Å². The summed E-state index contributed by atoms with van der Waals surface area (Å²) in [4.78, 5) is 23.8. The molecule has 0 fully saturated rings. The van der Waals surface area contributed by atoms with E-state index in [1.165, 1.54) is 57.8 Å². The Labute approximate surface area is 281 Å². The van der Waals surface area contributed by atoms with Gasteiger partial charge in [-0.1, -0.05) is 157 Å². The van der Waals surface area contributed by atoms with Gasteiger partial charge in [-0.25, -0.2) is 0 Å². The summed E-state index contributed by atoms with van der Waals surface area (Å²) in [5.74, 6) is -0.694. The molecule has 6 nitrogen and oxygen atoms in total. The quantitative estimate of drug-likeness (QED) is 0.0338. The molecule has 0 bridgehead atoms. The summed E-state index contributed by atoms with van der Waals surface area (Å²) in [6.45, 7) is 4.03. The second kappa shape index (κ2) is 35.2. The third-order valence-corrected chi connectivity index (χ3v) is 7.30. The van der Waals surface area contributed by atoms with Gasteiger partial charge in [-0.05, 0) is 44.9 Å². The fraction of sp³-hybridized carbons (Fsp3) is 0.650. The van der Waals surface area contributed by atoms with Crippen molar-refractivity contribution < 1.29 is 29.3 Å². The Morgan fingerprint density at radius 1 is 0.565 bits per heavy atom. The van der Waals surface area contributed by atoms with Crippen molar-refractivity contribution in [3.05, 3.63) is 72.9 Å². The van der Waals surface area contributed by atoms with Crippen LogP contribution in [0.15, 0.2) is 72.9 Å². The normalized spacial score (nSPS) is 13.7. The molecule has 0 aliphatic carbocycles. The molecule has 262 valence electrons. The molecule has 0 aromatic heterocycles. The van der Waals surface area contributed by atoms with Crippen LogP contribution in [0.1, 0.15) is 142 Å². The molecule has 6 heteroatoms. The number of rotatable bonds is 31. The van der Waals surface area contributed by atoms with Gasteiger partial charge in [0.25, 0.3) is 0 Å². The number of hydrogen-bond acceptors (Lipinski definition) is 6. The molecule has 0 spiro atoms. The van der Waals surface area contributed by atoms with Crippen molar-refractivity contribution in [3.63, 3.8) is 0 Å². The van der Waals surface area contributed by atoms with Crippen LogP contribution in [0, 0.1) is 0 Å². The predicted molar refractivity (Wildman–Crippen MR) is 192 cm³/mol. The van der Waals surface area contributed by atoms with Crippen molar-refractivity contribution in [1.29, 1.82) is 0 Å². The van der Waals surface area contributed by atoms with E-state index in [0.29, 0.717) is 19.3 Å². The van der Waals surface area contributed by atoms with Crippen LogP contribution < -0.4 is 0 Å². The number of ether oxygens (including phenoxy) is 2. The van der Waals surface area contributed by atoms with Crippen LogP contribution in [0.25, 0.3) is 0 Å². The lowest BCUT2D eigenvalue weighted by Gasteiger charge is -2.12. The number of aliphatic hydroxyl groups excluding tert-OH is 2. The van der Waals surface area contributed by atoms with Gasteiger partial charge in [0.15, 0.2) is 0 Å². The first-order chi connectivity index (χ1) is 22.5. The number of carbonyl (C=O) groups is 2. The summed E-state index contributed by atoms with van der Waals surface area (Å²) >= 11 is 0. The van der Waals surface area contributed by atoms with Crippen LogP contribution in [-0.2, 0) is 19.1 Å². The average molecular weight is 643 g/mol. The Balaban J connectivity index is 3.69. The number of allylic oxidation sites excluding steroid dienone is 10. The maximum atomic E-state index is 11.9. The lowest BCUT2D eigenvalue weighted by atomic mass is 10.0. The molecule has 0 saturated heterocycles. The van der Waals surface area contributed by atoms with Crippen LogP contribution in [0.4, 0.5) is 0 Å². The minimum atomic E-state index is -1.01. The molecule has 0 rings (SSSR count). The molecule has 0 aromatic carbocycles. The number of aliphatic hydroxyl groups is 2. The van der Waals surface area contributed by atoms with Gasteiger partial charge in [0.2, 0.25) is 0 Å². The molecule has 0 aromatic rings. The lowest BCUT2D eigenvalue weighted by Crippen LogP contribution is -2.25. The van der Waals surface area contributed by atoms with E-state index in [1.807, 2.05) is 36.5 Å². The first-order valence-corrected chi connectivity index (χ1v) is 18.1. The Kier molecular flexibility index (Phi) is 33.1. The molecule has 0 saturated carbocycles. The van der Waals surface area contributed by atoms with Gasteiger partial charge < -0.3 is 19.7 Å². The molecule has 46 heavy (non-hydrogen) atoms. The average Bonchev–Trinajstić information content (AvgIpc) is 3.05. The molecular formula is C40H66O6. The first kappa shape index (κ1) is 43.3. The highest BCUT2D eigenvalue weighted by Crippen LogP contribution is 2.13. The molecule has 2 atom stereocenters. The van der Waals surface area contributed by atoms with Crippen molar-refractivity contribution in [2.75, 3.05) is 13.2 Å². The van der Waals surface area contributed by atoms with E-state index in [4.69, 9.17) is 9.47 Å². The van der Waals surface area contributed by atoms with E-state index in [0.717, 1.165) is 44.9 Å². The summed E-state index contributed by atoms with van der Waals surface area (Å²) < 4.78 is 10.2. The first-order valence-electron chi connectivity index (χ1n) is 18.1. The van der Waals surface area contributed by atoms with E-state index in [-0.39, 0.29) is 31.6 Å². The molecule has 2 N–H and O–H groups in total. The van der Waals surface area contributed by atoms with E-state index < -0.39 is 12.2 Å². The molecular weight excluding hydrogens is 576 g/mol. The molecule has 0 amide bonds. The number of hydrogen-bond donors (Lipinski definition) is 2. The highest BCUT2D eigenvalue weighted by Gasteiger charge is 2.11. The zero-order valence-electron chi connectivity index (χ0n) is 29.2. The van der Waals surface area contributed by atoms with E-state index in [9.17, 15) is 19.8 Å². The third-order valence-electron chi connectivity index (χ3n) is 7.30.